The van der Waals surface area contributed by atoms with Gasteiger partial charge in [0.15, 0.2) is 0 Å². The Kier molecular flexibility index (Phi) is 7.28. The summed E-state index contributed by atoms with van der Waals surface area (Å²) < 4.78 is 32.7. The molecule has 5 rings (SSSR count). The van der Waals surface area contributed by atoms with Crippen LogP contribution in [0.3, 0.4) is 0 Å². The van der Waals surface area contributed by atoms with Crippen molar-refractivity contribution in [2.75, 3.05) is 4.90 Å². The summed E-state index contributed by atoms with van der Waals surface area (Å²) in [4.78, 5) is 14.9. The van der Waals surface area contributed by atoms with Gasteiger partial charge in [-0.05, 0) is 78.1 Å². The van der Waals surface area contributed by atoms with Gasteiger partial charge in [-0.1, -0.05) is 54.6 Å². The van der Waals surface area contributed by atoms with Gasteiger partial charge in [0.2, 0.25) is 5.91 Å². The van der Waals surface area contributed by atoms with E-state index in [4.69, 9.17) is 4.74 Å². The third-order valence-electron chi connectivity index (χ3n) is 6.79. The molecule has 1 saturated heterocycles. The summed E-state index contributed by atoms with van der Waals surface area (Å²) in [6.45, 7) is 0.452. The maximum absolute atomic E-state index is 13.5. The topological polar surface area (TPSA) is 49.8 Å². The molecule has 0 aliphatic carbocycles. The number of nitrogens with zero attached hydrogens (tertiary/aromatic N) is 1. The zero-order valence-corrected chi connectivity index (χ0v) is 20.1. The molecule has 188 valence electrons. The first kappa shape index (κ1) is 24.7. The number of hydrogen-bond acceptors (Lipinski definition) is 3. The van der Waals surface area contributed by atoms with Crippen LogP contribution in [-0.4, -0.2) is 11.0 Å². The lowest BCUT2D eigenvalue weighted by atomic mass is 9.78. The molecular weight excluding hydrogens is 472 g/mol. The third-order valence-corrected chi connectivity index (χ3v) is 6.79. The number of carbonyl (C=O) groups excluding carboxylic acids is 1. The number of aliphatic hydroxyl groups is 1. The maximum atomic E-state index is 13.5. The van der Waals surface area contributed by atoms with E-state index in [0.717, 1.165) is 16.9 Å². The van der Waals surface area contributed by atoms with Crippen LogP contribution < -0.4 is 9.64 Å². The first-order chi connectivity index (χ1) is 18.0. The van der Waals surface area contributed by atoms with Crippen LogP contribution in [0.15, 0.2) is 103 Å². The third kappa shape index (κ3) is 5.54. The number of hydrogen-bond donors (Lipinski definition) is 1. The lowest BCUT2D eigenvalue weighted by Gasteiger charge is -2.48. The van der Waals surface area contributed by atoms with Crippen molar-refractivity contribution in [3.63, 3.8) is 0 Å². The average Bonchev–Trinajstić information content (AvgIpc) is 2.93. The quantitative estimate of drug-likeness (QED) is 0.259. The first-order valence-electron chi connectivity index (χ1n) is 12.3. The predicted molar refractivity (Wildman–Crippen MR) is 138 cm³/mol. The van der Waals surface area contributed by atoms with E-state index in [2.05, 4.69) is 0 Å². The van der Waals surface area contributed by atoms with Crippen LogP contribution >= 0.6 is 0 Å². The Labute approximate surface area is 214 Å². The molecule has 4 aromatic carbocycles. The normalized spacial score (nSPS) is 17.8. The van der Waals surface area contributed by atoms with Crippen LogP contribution in [0, 0.1) is 17.6 Å². The monoisotopic (exact) mass is 499 g/mol. The van der Waals surface area contributed by atoms with Gasteiger partial charge in [0.25, 0.3) is 0 Å². The molecule has 2 unspecified atom stereocenters. The zero-order valence-electron chi connectivity index (χ0n) is 20.1. The summed E-state index contributed by atoms with van der Waals surface area (Å²) in [5, 5.41) is 10.6. The lowest BCUT2D eigenvalue weighted by Crippen LogP contribution is -2.55. The summed E-state index contributed by atoms with van der Waals surface area (Å²) in [6, 6.07) is 28.9. The van der Waals surface area contributed by atoms with Gasteiger partial charge in [0.05, 0.1) is 18.1 Å². The van der Waals surface area contributed by atoms with Crippen molar-refractivity contribution in [3.05, 3.63) is 131 Å². The van der Waals surface area contributed by atoms with E-state index in [-0.39, 0.29) is 29.5 Å². The smallest absolute Gasteiger partial charge is 0.233 e. The largest absolute Gasteiger partial charge is 0.489 e. The van der Waals surface area contributed by atoms with E-state index in [1.54, 1.807) is 29.2 Å². The number of benzene rings is 4. The molecule has 0 aromatic heterocycles. The summed E-state index contributed by atoms with van der Waals surface area (Å²) in [7, 11) is 0. The second-order valence-electron chi connectivity index (χ2n) is 9.22. The molecule has 1 amide bonds. The molecular formula is C31H27F2NO3. The van der Waals surface area contributed by atoms with E-state index in [0.29, 0.717) is 30.7 Å². The van der Waals surface area contributed by atoms with Gasteiger partial charge in [-0.3, -0.25) is 4.79 Å². The van der Waals surface area contributed by atoms with Gasteiger partial charge in [-0.2, -0.15) is 0 Å². The van der Waals surface area contributed by atoms with Crippen molar-refractivity contribution in [1.82, 2.24) is 0 Å². The van der Waals surface area contributed by atoms with Crippen LogP contribution in [0.25, 0.3) is 0 Å². The molecule has 4 nitrogen and oxygen atoms in total. The van der Waals surface area contributed by atoms with E-state index in [9.17, 15) is 18.7 Å². The van der Waals surface area contributed by atoms with Crippen molar-refractivity contribution in [3.8, 4) is 5.75 Å². The Bertz CT molecular complexity index is 1330. The molecule has 37 heavy (non-hydrogen) atoms. The minimum absolute atomic E-state index is 0.0766. The molecule has 1 aliphatic heterocycles. The Balaban J connectivity index is 1.32. The highest BCUT2D eigenvalue weighted by Crippen LogP contribution is 2.46. The van der Waals surface area contributed by atoms with E-state index in [1.807, 2.05) is 54.6 Å². The van der Waals surface area contributed by atoms with Crippen LogP contribution in [0.5, 0.6) is 5.75 Å². The van der Waals surface area contributed by atoms with Crippen molar-refractivity contribution < 1.29 is 23.4 Å². The van der Waals surface area contributed by atoms with Crippen molar-refractivity contribution in [2.24, 2.45) is 5.92 Å². The number of ether oxygens (including phenoxy) is 1. The molecule has 1 heterocycles. The second kappa shape index (κ2) is 10.9. The molecule has 3 atom stereocenters. The van der Waals surface area contributed by atoms with Crippen molar-refractivity contribution >= 4 is 11.6 Å². The van der Waals surface area contributed by atoms with Gasteiger partial charge in [-0.15, -0.1) is 0 Å². The highest BCUT2D eigenvalue weighted by Gasteiger charge is 2.48. The number of β-lactam (4-membered cyclic amide) rings is 1. The summed E-state index contributed by atoms with van der Waals surface area (Å²) >= 11 is 0. The summed E-state index contributed by atoms with van der Waals surface area (Å²) in [6.07, 6.45) is 0.00255. The fourth-order valence-electron chi connectivity index (χ4n) is 4.79. The number of anilines is 1. The molecule has 1 fully saturated rings. The van der Waals surface area contributed by atoms with Gasteiger partial charge >= 0.3 is 0 Å². The standard InChI is InChI=1S/C31H27F2NO3/c32-24-10-6-22(7-11-24)29(35)19-18-28-30(34(31(28)36)26-14-12-25(33)13-15-26)23-8-16-27(17-9-23)37-20-21-4-2-1-3-5-21/h1-17,28-30,35H,18-20H2/t28?,29-,30?/m0/s1. The highest BCUT2D eigenvalue weighted by molar-refractivity contribution is 6.03. The maximum Gasteiger partial charge on any atom is 0.233 e. The number of halogens is 2. The molecule has 4 aromatic rings. The number of carbonyl (C=O) groups is 1. The van der Waals surface area contributed by atoms with E-state index >= 15 is 0 Å². The first-order valence-corrected chi connectivity index (χ1v) is 12.3. The van der Waals surface area contributed by atoms with Gasteiger partial charge in [-0.25, -0.2) is 8.78 Å². The van der Waals surface area contributed by atoms with Crippen molar-refractivity contribution in [1.29, 1.82) is 0 Å². The van der Waals surface area contributed by atoms with Crippen LogP contribution in [0.2, 0.25) is 0 Å². The molecule has 0 spiro atoms. The summed E-state index contributed by atoms with van der Waals surface area (Å²) in [5.74, 6) is -0.443. The SMILES string of the molecule is O=C1C(CC[C@H](O)c2ccc(F)cc2)C(c2ccc(OCc3ccccc3)cc2)N1c1ccc(F)cc1. The lowest BCUT2D eigenvalue weighted by molar-refractivity contribution is -0.131. The highest BCUT2D eigenvalue weighted by atomic mass is 19.1. The average molecular weight is 500 g/mol. The molecule has 0 saturated carbocycles. The Hall–Kier alpha value is -4.03. The number of aliphatic hydroxyl groups excluding tert-OH is 1. The van der Waals surface area contributed by atoms with Gasteiger partial charge in [0.1, 0.15) is 24.0 Å². The van der Waals surface area contributed by atoms with E-state index < -0.39 is 6.10 Å². The summed E-state index contributed by atoms with van der Waals surface area (Å²) in [5.41, 5.74) is 3.23. The van der Waals surface area contributed by atoms with Gasteiger partial charge < -0.3 is 14.7 Å². The molecule has 6 heteroatoms. The van der Waals surface area contributed by atoms with E-state index in [1.165, 1.54) is 24.3 Å². The van der Waals surface area contributed by atoms with Gasteiger partial charge in [0, 0.05) is 5.69 Å². The van der Waals surface area contributed by atoms with Crippen molar-refractivity contribution in [2.45, 2.75) is 31.6 Å². The fourth-order valence-corrected chi connectivity index (χ4v) is 4.79. The van der Waals surface area contributed by atoms with Crippen LogP contribution in [0.4, 0.5) is 14.5 Å². The Morgan fingerprint density at radius 3 is 2.08 bits per heavy atom. The molecule has 0 bridgehead atoms. The van der Waals surface area contributed by atoms with Crippen LogP contribution in [-0.2, 0) is 11.4 Å². The minimum Gasteiger partial charge on any atom is -0.489 e. The molecule has 1 N–H and O–H groups in total. The fraction of sp³-hybridized carbons (Fsp3) is 0.194. The zero-order chi connectivity index (χ0) is 25.8. The Morgan fingerprint density at radius 1 is 0.811 bits per heavy atom. The molecule has 0 radical (unpaired) electrons. The predicted octanol–water partition coefficient (Wildman–Crippen LogP) is 6.76. The second-order valence-corrected chi connectivity index (χ2v) is 9.22. The number of rotatable bonds is 9. The Morgan fingerprint density at radius 2 is 1.43 bits per heavy atom. The van der Waals surface area contributed by atoms with Crippen LogP contribution in [0.1, 0.15) is 41.7 Å². The molecule has 1 aliphatic rings. The number of amides is 1. The minimum atomic E-state index is -0.803.